The number of hydrogen-bond donors (Lipinski definition) is 0. The van der Waals surface area contributed by atoms with Crippen molar-refractivity contribution in [3.63, 3.8) is 0 Å². The third-order valence-corrected chi connectivity index (χ3v) is 2.78. The zero-order valence-electron chi connectivity index (χ0n) is 9.19. The smallest absolute Gasteiger partial charge is 0.357 e. The lowest BCUT2D eigenvalue weighted by Gasteiger charge is -2.06. The first-order valence-corrected chi connectivity index (χ1v) is 5.78. The van der Waals surface area contributed by atoms with Crippen molar-refractivity contribution in [1.29, 1.82) is 5.26 Å². The summed E-state index contributed by atoms with van der Waals surface area (Å²) in [4.78, 5) is 16.2. The first kappa shape index (κ1) is 12.5. The number of nitriles is 1. The summed E-state index contributed by atoms with van der Waals surface area (Å²) in [7, 11) is 1.33. The molecule has 0 unspecified atom stereocenters. The number of aromatic nitrogens is 1. The van der Waals surface area contributed by atoms with Gasteiger partial charge in [0, 0.05) is 11.1 Å². The molecule has 1 rings (SSSR count). The van der Waals surface area contributed by atoms with Gasteiger partial charge in [-0.15, -0.1) is 11.8 Å². The molecule has 1 aromatic heterocycles. The maximum atomic E-state index is 11.4. The van der Waals surface area contributed by atoms with Crippen molar-refractivity contribution in [1.82, 2.24) is 4.98 Å². The first-order chi connectivity index (χ1) is 7.72. The molecule has 1 aromatic rings. The Balaban J connectivity index is 3.09. The Labute approximate surface area is 98.6 Å². The Morgan fingerprint density at radius 1 is 1.69 bits per heavy atom. The van der Waals surface area contributed by atoms with E-state index in [-0.39, 0.29) is 0 Å². The van der Waals surface area contributed by atoms with E-state index >= 15 is 0 Å². The van der Waals surface area contributed by atoms with Crippen LogP contribution in [-0.2, 0) is 11.2 Å². The summed E-state index contributed by atoms with van der Waals surface area (Å²) >= 11 is 1.51. The average molecular weight is 236 g/mol. The molecule has 0 spiro atoms. The van der Waals surface area contributed by atoms with Crippen molar-refractivity contribution in [3.8, 4) is 6.07 Å². The van der Waals surface area contributed by atoms with Gasteiger partial charge < -0.3 is 4.74 Å². The molecule has 0 aromatic carbocycles. The lowest BCUT2D eigenvalue weighted by molar-refractivity contribution is 0.0589. The van der Waals surface area contributed by atoms with E-state index in [1.807, 2.05) is 13.0 Å². The molecule has 0 bridgehead atoms. The monoisotopic (exact) mass is 236 g/mol. The van der Waals surface area contributed by atoms with Crippen LogP contribution in [0.1, 0.15) is 23.0 Å². The van der Waals surface area contributed by atoms with E-state index in [0.717, 1.165) is 16.2 Å². The zero-order chi connectivity index (χ0) is 12.0. The first-order valence-electron chi connectivity index (χ1n) is 4.79. The molecular formula is C11H12N2O2S. The van der Waals surface area contributed by atoms with Gasteiger partial charge in [-0.1, -0.05) is 6.92 Å². The SMILES string of the molecule is CCSc1cc(CC#N)cnc1C(=O)OC. The van der Waals surface area contributed by atoms with Gasteiger partial charge in [-0.25, -0.2) is 9.78 Å². The van der Waals surface area contributed by atoms with Crippen LogP contribution in [0.3, 0.4) is 0 Å². The van der Waals surface area contributed by atoms with E-state index < -0.39 is 5.97 Å². The number of hydrogen-bond acceptors (Lipinski definition) is 5. The molecule has 0 aliphatic rings. The summed E-state index contributed by atoms with van der Waals surface area (Å²) in [6.45, 7) is 1.99. The number of methoxy groups -OCH3 is 1. The number of rotatable bonds is 4. The van der Waals surface area contributed by atoms with Crippen LogP contribution in [0.15, 0.2) is 17.2 Å². The minimum Gasteiger partial charge on any atom is -0.464 e. The molecule has 0 N–H and O–H groups in total. The second-order valence-electron chi connectivity index (χ2n) is 2.95. The fourth-order valence-electron chi connectivity index (χ4n) is 1.19. The molecule has 0 saturated heterocycles. The van der Waals surface area contributed by atoms with Crippen LogP contribution < -0.4 is 0 Å². The summed E-state index contributed by atoms with van der Waals surface area (Å²) in [5.41, 5.74) is 1.13. The van der Waals surface area contributed by atoms with Gasteiger partial charge in [0.25, 0.3) is 0 Å². The fourth-order valence-corrected chi connectivity index (χ4v) is 2.01. The van der Waals surface area contributed by atoms with Crippen molar-refractivity contribution in [2.75, 3.05) is 12.9 Å². The molecule has 1 heterocycles. The predicted molar refractivity (Wildman–Crippen MR) is 61.3 cm³/mol. The van der Waals surface area contributed by atoms with E-state index in [1.165, 1.54) is 25.1 Å². The van der Waals surface area contributed by atoms with Crippen LogP contribution in [0.25, 0.3) is 0 Å². The maximum Gasteiger partial charge on any atom is 0.357 e. The number of pyridine rings is 1. The molecule has 84 valence electrons. The van der Waals surface area contributed by atoms with E-state index in [1.54, 1.807) is 0 Å². The molecule has 0 radical (unpaired) electrons. The number of carbonyl (C=O) groups is 1. The number of nitrogens with zero attached hydrogens (tertiary/aromatic N) is 2. The van der Waals surface area contributed by atoms with Gasteiger partial charge in [-0.05, 0) is 17.4 Å². The van der Waals surface area contributed by atoms with Crippen LogP contribution in [0.5, 0.6) is 0 Å². The number of thioether (sulfide) groups is 1. The number of ether oxygens (including phenoxy) is 1. The van der Waals surface area contributed by atoms with Gasteiger partial charge in [0.1, 0.15) is 0 Å². The average Bonchev–Trinajstić information content (AvgIpc) is 2.29. The van der Waals surface area contributed by atoms with Crippen molar-refractivity contribution >= 4 is 17.7 Å². The highest BCUT2D eigenvalue weighted by atomic mass is 32.2. The zero-order valence-corrected chi connectivity index (χ0v) is 10.0. The summed E-state index contributed by atoms with van der Waals surface area (Å²) in [5, 5.41) is 8.59. The van der Waals surface area contributed by atoms with Gasteiger partial charge in [0.05, 0.1) is 19.6 Å². The molecule has 0 saturated carbocycles. The van der Waals surface area contributed by atoms with Gasteiger partial charge >= 0.3 is 5.97 Å². The summed E-state index contributed by atoms with van der Waals surface area (Å²) in [6, 6.07) is 3.87. The minimum absolute atomic E-state index is 0.297. The van der Waals surface area contributed by atoms with Crippen molar-refractivity contribution in [2.24, 2.45) is 0 Å². The molecule has 16 heavy (non-hydrogen) atoms. The fraction of sp³-hybridized carbons (Fsp3) is 0.364. The van der Waals surface area contributed by atoms with E-state index in [2.05, 4.69) is 15.8 Å². The van der Waals surface area contributed by atoms with Crippen LogP contribution in [0.2, 0.25) is 0 Å². The van der Waals surface area contributed by atoms with Crippen molar-refractivity contribution in [3.05, 3.63) is 23.5 Å². The van der Waals surface area contributed by atoms with Crippen molar-refractivity contribution in [2.45, 2.75) is 18.2 Å². The number of carbonyl (C=O) groups excluding carboxylic acids is 1. The van der Waals surface area contributed by atoms with Crippen molar-refractivity contribution < 1.29 is 9.53 Å². The summed E-state index contributed by atoms with van der Waals surface area (Å²) in [5.74, 6) is 0.390. The molecular weight excluding hydrogens is 224 g/mol. The Morgan fingerprint density at radius 3 is 3.00 bits per heavy atom. The molecule has 5 heteroatoms. The standard InChI is InChI=1S/C11H12N2O2S/c1-3-16-9-6-8(4-5-12)7-13-10(9)11(14)15-2/h6-7H,3-4H2,1-2H3. The highest BCUT2D eigenvalue weighted by Gasteiger charge is 2.14. The second-order valence-corrected chi connectivity index (χ2v) is 4.26. The highest BCUT2D eigenvalue weighted by Crippen LogP contribution is 2.23. The predicted octanol–water partition coefficient (Wildman–Crippen LogP) is 2.05. The second kappa shape index (κ2) is 6.13. The lowest BCUT2D eigenvalue weighted by Crippen LogP contribution is -2.07. The topological polar surface area (TPSA) is 63.0 Å². The van der Waals surface area contributed by atoms with E-state index in [4.69, 9.17) is 5.26 Å². The Bertz CT molecular complexity index is 426. The molecule has 4 nitrogen and oxygen atoms in total. The Morgan fingerprint density at radius 2 is 2.44 bits per heavy atom. The Hall–Kier alpha value is -1.54. The molecule has 0 aliphatic heterocycles. The van der Waals surface area contributed by atoms with E-state index in [0.29, 0.717) is 12.1 Å². The Kier molecular flexibility index (Phi) is 4.80. The van der Waals surface area contributed by atoms with Crippen LogP contribution in [-0.4, -0.2) is 23.8 Å². The van der Waals surface area contributed by atoms with Gasteiger partial charge in [0.15, 0.2) is 5.69 Å². The van der Waals surface area contributed by atoms with Crippen LogP contribution in [0, 0.1) is 11.3 Å². The van der Waals surface area contributed by atoms with Gasteiger partial charge in [0.2, 0.25) is 0 Å². The minimum atomic E-state index is -0.445. The quantitative estimate of drug-likeness (QED) is 0.591. The summed E-state index contributed by atoms with van der Waals surface area (Å²) < 4.78 is 4.64. The van der Waals surface area contributed by atoms with Gasteiger partial charge in [-0.2, -0.15) is 5.26 Å². The van der Waals surface area contributed by atoms with Gasteiger partial charge in [-0.3, -0.25) is 0 Å². The van der Waals surface area contributed by atoms with Crippen LogP contribution in [0.4, 0.5) is 0 Å². The maximum absolute atomic E-state index is 11.4. The largest absolute Gasteiger partial charge is 0.464 e. The molecule has 0 fully saturated rings. The highest BCUT2D eigenvalue weighted by molar-refractivity contribution is 7.99. The molecule has 0 amide bonds. The third-order valence-electron chi connectivity index (χ3n) is 1.87. The lowest BCUT2D eigenvalue weighted by atomic mass is 10.2. The van der Waals surface area contributed by atoms with E-state index in [9.17, 15) is 4.79 Å². The molecule has 0 atom stereocenters. The normalized spacial score (nSPS) is 9.56. The molecule has 0 aliphatic carbocycles. The number of esters is 1. The summed E-state index contributed by atoms with van der Waals surface area (Å²) in [6.07, 6.45) is 1.83. The van der Waals surface area contributed by atoms with Crippen LogP contribution >= 0.6 is 11.8 Å². The third kappa shape index (κ3) is 2.97.